The molecule has 7 heteroatoms. The average molecular weight is 274 g/mol. The number of amides is 1. The van der Waals surface area contributed by atoms with E-state index in [2.05, 4.69) is 0 Å². The highest BCUT2D eigenvalue weighted by atomic mass is 16.6. The zero-order valence-electron chi connectivity index (χ0n) is 10.1. The number of nitrogens with zero attached hydrogens (tertiary/aromatic N) is 1. The number of rotatable bonds is 4. The van der Waals surface area contributed by atoms with E-state index in [1.165, 1.54) is 24.3 Å². The van der Waals surface area contributed by atoms with Crippen molar-refractivity contribution < 1.29 is 19.3 Å². The Kier molecular flexibility index (Phi) is 3.92. The monoisotopic (exact) mass is 274 g/mol. The number of carbonyl (C=O) groups is 1. The van der Waals surface area contributed by atoms with Gasteiger partial charge in [-0.25, -0.2) is 5.48 Å². The molecule has 0 bridgehead atoms. The first kappa shape index (κ1) is 13.5. The lowest BCUT2D eigenvalue weighted by Gasteiger charge is -2.02. The van der Waals surface area contributed by atoms with E-state index in [0.29, 0.717) is 5.56 Å². The van der Waals surface area contributed by atoms with Crippen LogP contribution < -0.4 is 5.48 Å². The predicted molar refractivity (Wildman–Crippen MR) is 70.0 cm³/mol. The molecule has 0 aliphatic heterocycles. The Hall–Kier alpha value is -2.93. The smallest absolute Gasteiger partial charge is 0.401 e. The minimum atomic E-state index is -0.643. The van der Waals surface area contributed by atoms with Crippen molar-refractivity contribution in [2.24, 2.45) is 0 Å². The van der Waals surface area contributed by atoms with E-state index in [4.69, 9.17) is 9.62 Å². The molecule has 0 spiro atoms. The molecule has 1 heterocycles. The molecule has 2 N–H and O–H groups in total. The molecule has 0 aliphatic rings. The van der Waals surface area contributed by atoms with Gasteiger partial charge in [-0.2, -0.15) is 0 Å². The lowest BCUT2D eigenvalue weighted by atomic mass is 10.1. The van der Waals surface area contributed by atoms with Crippen LogP contribution >= 0.6 is 0 Å². The number of hydrogen-bond donors (Lipinski definition) is 2. The summed E-state index contributed by atoms with van der Waals surface area (Å²) in [5.41, 5.74) is 2.36. The van der Waals surface area contributed by atoms with Gasteiger partial charge in [0.05, 0.1) is 6.07 Å². The molecule has 1 amide bonds. The number of hydrogen-bond acceptors (Lipinski definition) is 5. The van der Waals surface area contributed by atoms with E-state index < -0.39 is 10.8 Å². The zero-order valence-corrected chi connectivity index (χ0v) is 10.1. The van der Waals surface area contributed by atoms with Crippen molar-refractivity contribution in [3.05, 3.63) is 63.4 Å². The maximum absolute atomic E-state index is 11.4. The Morgan fingerprint density at radius 2 is 2.00 bits per heavy atom. The van der Waals surface area contributed by atoms with Gasteiger partial charge in [-0.3, -0.25) is 20.1 Å². The second-order valence-corrected chi connectivity index (χ2v) is 3.79. The number of carbonyl (C=O) groups excluding carboxylic acids is 1. The number of nitro groups is 1. The molecule has 0 atom stereocenters. The SMILES string of the molecule is O=C(NO)c1ccccc1C=Cc1ccc([N+](=O)[O-])o1. The highest BCUT2D eigenvalue weighted by molar-refractivity contribution is 5.97. The van der Waals surface area contributed by atoms with E-state index in [-0.39, 0.29) is 17.2 Å². The number of furan rings is 1. The van der Waals surface area contributed by atoms with E-state index in [0.717, 1.165) is 0 Å². The molecule has 2 aromatic rings. The highest BCUT2D eigenvalue weighted by Crippen LogP contribution is 2.19. The summed E-state index contributed by atoms with van der Waals surface area (Å²) in [6.07, 6.45) is 3.06. The molecule has 2 rings (SSSR count). The average Bonchev–Trinajstić information content (AvgIpc) is 2.93. The zero-order chi connectivity index (χ0) is 14.5. The summed E-state index contributed by atoms with van der Waals surface area (Å²) in [5.74, 6) is -0.711. The third-order valence-corrected chi connectivity index (χ3v) is 2.53. The topological polar surface area (TPSA) is 106 Å². The van der Waals surface area contributed by atoms with Crippen molar-refractivity contribution in [2.45, 2.75) is 0 Å². The van der Waals surface area contributed by atoms with Crippen molar-refractivity contribution in [3.8, 4) is 0 Å². The van der Waals surface area contributed by atoms with Gasteiger partial charge in [0.2, 0.25) is 0 Å². The van der Waals surface area contributed by atoms with Gasteiger partial charge in [0, 0.05) is 5.56 Å². The first-order valence-corrected chi connectivity index (χ1v) is 5.57. The minimum absolute atomic E-state index is 0.271. The summed E-state index contributed by atoms with van der Waals surface area (Å²) in [4.78, 5) is 21.3. The molecule has 102 valence electrons. The normalized spacial score (nSPS) is 10.7. The second-order valence-electron chi connectivity index (χ2n) is 3.79. The maximum atomic E-state index is 11.4. The van der Waals surface area contributed by atoms with Crippen LogP contribution in [-0.4, -0.2) is 16.0 Å². The maximum Gasteiger partial charge on any atom is 0.433 e. The standard InChI is InChI=1S/C13H10N2O5/c16-13(14-17)11-4-2-1-3-9(11)5-6-10-7-8-12(20-10)15(18)19/h1-8,17H,(H,14,16). The summed E-state index contributed by atoms with van der Waals surface area (Å²) in [5, 5.41) is 19.1. The highest BCUT2D eigenvalue weighted by Gasteiger charge is 2.11. The van der Waals surface area contributed by atoms with Crippen LogP contribution in [0, 0.1) is 10.1 Å². The van der Waals surface area contributed by atoms with Crippen LogP contribution in [0.2, 0.25) is 0 Å². The van der Waals surface area contributed by atoms with Crippen LogP contribution in [0.5, 0.6) is 0 Å². The Morgan fingerprint density at radius 3 is 2.65 bits per heavy atom. The fraction of sp³-hybridized carbons (Fsp3) is 0. The van der Waals surface area contributed by atoms with Crippen LogP contribution in [0.3, 0.4) is 0 Å². The summed E-state index contributed by atoms with van der Waals surface area (Å²) < 4.78 is 4.96. The molecular weight excluding hydrogens is 264 g/mol. The van der Waals surface area contributed by atoms with Gasteiger partial charge in [-0.05, 0) is 23.8 Å². The number of hydroxylamine groups is 1. The molecule has 1 aromatic heterocycles. The van der Waals surface area contributed by atoms with Gasteiger partial charge in [0.15, 0.2) is 0 Å². The third kappa shape index (κ3) is 2.90. The minimum Gasteiger partial charge on any atom is -0.401 e. The first-order valence-electron chi connectivity index (χ1n) is 5.57. The molecule has 0 fully saturated rings. The summed E-state index contributed by atoms with van der Waals surface area (Å²) in [7, 11) is 0. The van der Waals surface area contributed by atoms with Gasteiger partial charge >= 0.3 is 5.88 Å². The van der Waals surface area contributed by atoms with Crippen molar-refractivity contribution in [1.29, 1.82) is 0 Å². The lowest BCUT2D eigenvalue weighted by molar-refractivity contribution is -0.402. The molecule has 20 heavy (non-hydrogen) atoms. The second kappa shape index (κ2) is 5.81. The molecular formula is C13H10N2O5. The molecule has 0 aliphatic carbocycles. The van der Waals surface area contributed by atoms with Gasteiger partial charge < -0.3 is 4.42 Å². The van der Waals surface area contributed by atoms with E-state index in [9.17, 15) is 14.9 Å². The molecule has 7 nitrogen and oxygen atoms in total. The summed E-state index contributed by atoms with van der Waals surface area (Å²) in [6.45, 7) is 0. The van der Waals surface area contributed by atoms with Crippen LogP contribution in [0.25, 0.3) is 12.2 Å². The fourth-order valence-electron chi connectivity index (χ4n) is 1.61. The quantitative estimate of drug-likeness (QED) is 0.506. The Bertz CT molecular complexity index is 675. The Morgan fingerprint density at radius 1 is 1.25 bits per heavy atom. The number of nitrogens with one attached hydrogen (secondary N) is 1. The largest absolute Gasteiger partial charge is 0.433 e. The lowest BCUT2D eigenvalue weighted by Crippen LogP contribution is -2.19. The Balaban J connectivity index is 2.27. The van der Waals surface area contributed by atoms with E-state index in [1.54, 1.807) is 29.8 Å². The van der Waals surface area contributed by atoms with E-state index in [1.807, 2.05) is 0 Å². The molecule has 0 saturated carbocycles. The summed E-state index contributed by atoms with van der Waals surface area (Å²) >= 11 is 0. The van der Waals surface area contributed by atoms with Gasteiger partial charge in [-0.15, -0.1) is 0 Å². The fourth-order valence-corrected chi connectivity index (χ4v) is 1.61. The van der Waals surface area contributed by atoms with Crippen LogP contribution in [0.4, 0.5) is 5.88 Å². The molecule has 0 radical (unpaired) electrons. The van der Waals surface area contributed by atoms with Crippen LogP contribution in [0.1, 0.15) is 21.7 Å². The Labute approximate surface area is 113 Å². The van der Waals surface area contributed by atoms with Crippen LogP contribution in [-0.2, 0) is 0 Å². The van der Waals surface area contributed by atoms with Crippen LogP contribution in [0.15, 0.2) is 40.8 Å². The van der Waals surface area contributed by atoms with Crippen molar-refractivity contribution in [2.75, 3.05) is 0 Å². The van der Waals surface area contributed by atoms with Crippen molar-refractivity contribution in [1.82, 2.24) is 5.48 Å². The number of benzene rings is 1. The first-order chi connectivity index (χ1) is 9.61. The van der Waals surface area contributed by atoms with Crippen molar-refractivity contribution in [3.63, 3.8) is 0 Å². The van der Waals surface area contributed by atoms with Gasteiger partial charge in [0.25, 0.3) is 5.91 Å². The predicted octanol–water partition coefficient (Wildman–Crippen LogP) is 2.48. The molecule has 0 unspecified atom stereocenters. The third-order valence-electron chi connectivity index (χ3n) is 2.53. The van der Waals surface area contributed by atoms with Gasteiger partial charge in [-0.1, -0.05) is 24.3 Å². The molecule has 1 aromatic carbocycles. The van der Waals surface area contributed by atoms with Gasteiger partial charge in [0.1, 0.15) is 10.7 Å². The van der Waals surface area contributed by atoms with Crippen molar-refractivity contribution >= 4 is 23.9 Å². The molecule has 0 saturated heterocycles. The van der Waals surface area contributed by atoms with E-state index >= 15 is 0 Å². The summed E-state index contributed by atoms with van der Waals surface area (Å²) in [6, 6.07) is 9.27.